The van der Waals surface area contributed by atoms with Crippen LogP contribution in [0.15, 0.2) is 36.4 Å². The lowest BCUT2D eigenvalue weighted by Crippen LogP contribution is -2.14. The Morgan fingerprint density at radius 2 is 1.62 bits per heavy atom. The van der Waals surface area contributed by atoms with Crippen molar-refractivity contribution in [2.45, 2.75) is 0 Å². The van der Waals surface area contributed by atoms with E-state index in [0.717, 1.165) is 0 Å². The number of hydrogen-bond acceptors (Lipinski definition) is 5. The zero-order chi connectivity index (χ0) is 15.4. The predicted octanol–water partition coefficient (Wildman–Crippen LogP) is 2.12. The Morgan fingerprint density at radius 1 is 1.00 bits per heavy atom. The van der Waals surface area contributed by atoms with Gasteiger partial charge in [0.1, 0.15) is 11.5 Å². The number of nitrogens with one attached hydrogen (secondary N) is 1. The van der Waals surface area contributed by atoms with E-state index in [1.54, 1.807) is 50.6 Å². The number of nitrogen functional groups attached to an aromatic ring is 2. The van der Waals surface area contributed by atoms with Gasteiger partial charge in [-0.2, -0.15) is 0 Å². The van der Waals surface area contributed by atoms with E-state index in [-0.39, 0.29) is 5.91 Å². The molecule has 0 radical (unpaired) electrons. The Hall–Kier alpha value is -2.89. The van der Waals surface area contributed by atoms with Crippen LogP contribution >= 0.6 is 0 Å². The van der Waals surface area contributed by atoms with Gasteiger partial charge in [0.15, 0.2) is 0 Å². The van der Waals surface area contributed by atoms with Crippen molar-refractivity contribution in [1.82, 2.24) is 0 Å². The van der Waals surface area contributed by atoms with Gasteiger partial charge in [0.05, 0.1) is 19.8 Å². The molecule has 0 unspecified atom stereocenters. The maximum atomic E-state index is 12.2. The van der Waals surface area contributed by atoms with Gasteiger partial charge in [-0.3, -0.25) is 4.79 Å². The van der Waals surface area contributed by atoms with E-state index >= 15 is 0 Å². The monoisotopic (exact) mass is 287 g/mol. The molecule has 2 aromatic carbocycles. The molecule has 0 atom stereocenters. The summed E-state index contributed by atoms with van der Waals surface area (Å²) < 4.78 is 10.3. The van der Waals surface area contributed by atoms with Crippen molar-refractivity contribution in [1.29, 1.82) is 0 Å². The Labute approximate surface area is 122 Å². The first-order chi connectivity index (χ1) is 10.0. The summed E-state index contributed by atoms with van der Waals surface area (Å²) in [6.07, 6.45) is 0. The first-order valence-electron chi connectivity index (χ1n) is 6.23. The molecule has 0 heterocycles. The molecule has 6 heteroatoms. The molecule has 110 valence electrons. The number of carbonyl (C=O) groups excluding carboxylic acids is 1. The van der Waals surface area contributed by atoms with Gasteiger partial charge in [-0.15, -0.1) is 0 Å². The molecule has 0 fully saturated rings. The minimum atomic E-state index is -0.331. The lowest BCUT2D eigenvalue weighted by molar-refractivity contribution is 0.102. The van der Waals surface area contributed by atoms with Crippen LogP contribution in [0.5, 0.6) is 11.5 Å². The molecule has 0 saturated heterocycles. The van der Waals surface area contributed by atoms with Crippen LogP contribution in [0, 0.1) is 0 Å². The molecule has 1 amide bonds. The number of hydrogen-bond donors (Lipinski definition) is 3. The predicted molar refractivity (Wildman–Crippen MR) is 82.8 cm³/mol. The maximum Gasteiger partial charge on any atom is 0.257 e. The lowest BCUT2D eigenvalue weighted by atomic mass is 10.1. The molecule has 0 bridgehead atoms. The average molecular weight is 287 g/mol. The second-order valence-corrected chi connectivity index (χ2v) is 4.40. The van der Waals surface area contributed by atoms with Crippen molar-refractivity contribution < 1.29 is 14.3 Å². The normalized spacial score (nSPS) is 10.0. The van der Waals surface area contributed by atoms with Gasteiger partial charge in [0, 0.05) is 35.3 Å². The van der Waals surface area contributed by atoms with Crippen LogP contribution in [-0.2, 0) is 0 Å². The molecular formula is C15H17N3O3. The minimum absolute atomic E-state index is 0.322. The van der Waals surface area contributed by atoms with E-state index in [2.05, 4.69) is 5.32 Å². The third-order valence-corrected chi connectivity index (χ3v) is 2.93. The molecule has 2 rings (SSSR count). The quantitative estimate of drug-likeness (QED) is 0.748. The molecule has 0 spiro atoms. The smallest absolute Gasteiger partial charge is 0.257 e. The zero-order valence-electron chi connectivity index (χ0n) is 11.8. The molecule has 2 aromatic rings. The van der Waals surface area contributed by atoms with Crippen molar-refractivity contribution in [2.75, 3.05) is 31.0 Å². The SMILES string of the molecule is COc1cc(NC(=O)c2ccc(N)cc2N)cc(OC)c1. The Kier molecular flexibility index (Phi) is 4.18. The van der Waals surface area contributed by atoms with E-state index in [4.69, 9.17) is 20.9 Å². The molecule has 6 nitrogen and oxygen atoms in total. The van der Waals surface area contributed by atoms with Crippen LogP contribution < -0.4 is 26.3 Å². The molecule has 0 saturated carbocycles. The fourth-order valence-electron chi connectivity index (χ4n) is 1.87. The van der Waals surface area contributed by atoms with Crippen molar-refractivity contribution >= 4 is 23.0 Å². The van der Waals surface area contributed by atoms with Gasteiger partial charge < -0.3 is 26.3 Å². The first kappa shape index (κ1) is 14.5. The molecule has 0 aliphatic rings. The standard InChI is InChI=1S/C15H17N3O3/c1-20-11-6-10(7-12(8-11)21-2)18-15(19)13-4-3-9(16)5-14(13)17/h3-8H,16-17H2,1-2H3,(H,18,19). The Bertz CT molecular complexity index is 649. The summed E-state index contributed by atoms with van der Waals surface area (Å²) in [5.41, 5.74) is 13.1. The van der Waals surface area contributed by atoms with Crippen LogP contribution in [-0.4, -0.2) is 20.1 Å². The van der Waals surface area contributed by atoms with Crippen LogP contribution in [0.3, 0.4) is 0 Å². The maximum absolute atomic E-state index is 12.2. The molecule has 5 N–H and O–H groups in total. The Balaban J connectivity index is 2.26. The highest BCUT2D eigenvalue weighted by atomic mass is 16.5. The van der Waals surface area contributed by atoms with E-state index < -0.39 is 0 Å². The largest absolute Gasteiger partial charge is 0.497 e. The summed E-state index contributed by atoms with van der Waals surface area (Å²) in [6, 6.07) is 9.84. The van der Waals surface area contributed by atoms with Crippen molar-refractivity contribution in [3.05, 3.63) is 42.0 Å². The number of anilines is 3. The summed E-state index contributed by atoms with van der Waals surface area (Å²) in [7, 11) is 3.08. The number of rotatable bonds is 4. The molecular weight excluding hydrogens is 270 g/mol. The highest BCUT2D eigenvalue weighted by molar-refractivity contribution is 6.08. The summed E-state index contributed by atoms with van der Waals surface area (Å²) in [4.78, 5) is 12.2. The third kappa shape index (κ3) is 3.36. The second kappa shape index (κ2) is 6.04. The topological polar surface area (TPSA) is 99.6 Å². The number of nitrogens with two attached hydrogens (primary N) is 2. The van der Waals surface area contributed by atoms with Gasteiger partial charge in [-0.1, -0.05) is 0 Å². The molecule has 21 heavy (non-hydrogen) atoms. The summed E-state index contributed by atoms with van der Waals surface area (Å²) >= 11 is 0. The summed E-state index contributed by atoms with van der Waals surface area (Å²) in [6.45, 7) is 0. The number of methoxy groups -OCH3 is 2. The molecule has 0 aliphatic carbocycles. The number of carbonyl (C=O) groups is 1. The Morgan fingerprint density at radius 3 is 2.14 bits per heavy atom. The van der Waals surface area contributed by atoms with E-state index in [1.165, 1.54) is 0 Å². The fourth-order valence-corrected chi connectivity index (χ4v) is 1.87. The second-order valence-electron chi connectivity index (χ2n) is 4.40. The van der Waals surface area contributed by atoms with Crippen molar-refractivity contribution in [3.8, 4) is 11.5 Å². The number of ether oxygens (including phenoxy) is 2. The summed E-state index contributed by atoms with van der Waals surface area (Å²) in [5.74, 6) is 0.827. The van der Waals surface area contributed by atoms with Gasteiger partial charge in [0.25, 0.3) is 5.91 Å². The van der Waals surface area contributed by atoms with Gasteiger partial charge in [-0.25, -0.2) is 0 Å². The summed E-state index contributed by atoms with van der Waals surface area (Å²) in [5, 5.41) is 2.75. The van der Waals surface area contributed by atoms with Crippen LogP contribution in [0.25, 0.3) is 0 Å². The molecule has 0 aromatic heterocycles. The van der Waals surface area contributed by atoms with E-state index in [9.17, 15) is 4.79 Å². The minimum Gasteiger partial charge on any atom is -0.497 e. The first-order valence-corrected chi connectivity index (χ1v) is 6.23. The van der Waals surface area contributed by atoms with Crippen LogP contribution in [0.1, 0.15) is 10.4 Å². The highest BCUT2D eigenvalue weighted by Gasteiger charge is 2.11. The van der Waals surface area contributed by atoms with Crippen molar-refractivity contribution in [3.63, 3.8) is 0 Å². The van der Waals surface area contributed by atoms with Gasteiger partial charge in [0.2, 0.25) is 0 Å². The van der Waals surface area contributed by atoms with Crippen LogP contribution in [0.2, 0.25) is 0 Å². The lowest BCUT2D eigenvalue weighted by Gasteiger charge is -2.11. The average Bonchev–Trinajstić information content (AvgIpc) is 2.46. The zero-order valence-corrected chi connectivity index (χ0v) is 11.8. The van der Waals surface area contributed by atoms with Crippen LogP contribution in [0.4, 0.5) is 17.1 Å². The highest BCUT2D eigenvalue weighted by Crippen LogP contribution is 2.26. The number of amides is 1. The van der Waals surface area contributed by atoms with Gasteiger partial charge in [-0.05, 0) is 18.2 Å². The van der Waals surface area contributed by atoms with E-state index in [0.29, 0.717) is 34.1 Å². The third-order valence-electron chi connectivity index (χ3n) is 2.93. The van der Waals surface area contributed by atoms with Crippen molar-refractivity contribution in [2.24, 2.45) is 0 Å². The van der Waals surface area contributed by atoms with Gasteiger partial charge >= 0.3 is 0 Å². The number of benzene rings is 2. The van der Waals surface area contributed by atoms with E-state index in [1.807, 2.05) is 0 Å². The fraction of sp³-hybridized carbons (Fsp3) is 0.133. The molecule has 0 aliphatic heterocycles.